The van der Waals surface area contributed by atoms with Crippen LogP contribution in [0, 0.1) is 17.9 Å². The SMILES string of the molecule is [C-]#[N+]c1c(NC)nc(SC(C(N)=O)c2ccccc2)c(C#N)c1CC. The van der Waals surface area contributed by atoms with E-state index < -0.39 is 11.2 Å². The van der Waals surface area contributed by atoms with Crippen LogP contribution in [-0.4, -0.2) is 17.9 Å². The fourth-order valence-corrected chi connectivity index (χ4v) is 3.53. The molecule has 0 aliphatic carbocycles. The molecule has 1 heterocycles. The van der Waals surface area contributed by atoms with Gasteiger partial charge in [-0.3, -0.25) is 4.79 Å². The number of benzene rings is 1. The van der Waals surface area contributed by atoms with E-state index in [1.54, 1.807) is 7.05 Å². The number of primary amides is 1. The topological polar surface area (TPSA) is 96.2 Å². The summed E-state index contributed by atoms with van der Waals surface area (Å²) < 4.78 is 0. The van der Waals surface area contributed by atoms with Crippen LogP contribution < -0.4 is 11.1 Å². The van der Waals surface area contributed by atoms with Gasteiger partial charge in [-0.25, -0.2) is 9.83 Å². The summed E-state index contributed by atoms with van der Waals surface area (Å²) in [5, 5.41) is 12.2. The molecule has 2 aromatic rings. The standard InChI is InChI=1S/C18H17N5OS/c1-4-12-13(10-19)18(23-17(22-3)14(12)21-2)25-15(16(20)24)11-8-6-5-7-9-11/h5-9,15H,4H2,1,3H3,(H2,20,24)(H,22,23). The van der Waals surface area contributed by atoms with E-state index in [4.69, 9.17) is 12.3 Å². The Balaban J connectivity index is 2.60. The first-order valence-corrected chi connectivity index (χ1v) is 8.48. The molecule has 1 aromatic heterocycles. The molecule has 1 unspecified atom stereocenters. The predicted molar refractivity (Wildman–Crippen MR) is 98.4 cm³/mol. The number of hydrogen-bond donors (Lipinski definition) is 2. The molecule has 0 aliphatic heterocycles. The molecule has 0 saturated carbocycles. The number of anilines is 1. The van der Waals surface area contributed by atoms with Crippen molar-refractivity contribution in [3.8, 4) is 6.07 Å². The van der Waals surface area contributed by atoms with Gasteiger partial charge in [0.05, 0.1) is 12.1 Å². The van der Waals surface area contributed by atoms with Gasteiger partial charge < -0.3 is 11.1 Å². The number of hydrogen-bond acceptors (Lipinski definition) is 5. The first-order chi connectivity index (χ1) is 12.1. The molecule has 25 heavy (non-hydrogen) atoms. The molecular weight excluding hydrogens is 334 g/mol. The number of aromatic nitrogens is 1. The van der Waals surface area contributed by atoms with Gasteiger partial charge in [-0.05, 0) is 17.5 Å². The lowest BCUT2D eigenvalue weighted by Gasteiger charge is -2.17. The van der Waals surface area contributed by atoms with Crippen molar-refractivity contribution in [3.63, 3.8) is 0 Å². The summed E-state index contributed by atoms with van der Waals surface area (Å²) in [6.45, 7) is 9.25. The number of nitrogens with one attached hydrogen (secondary N) is 1. The van der Waals surface area contributed by atoms with E-state index in [1.165, 1.54) is 0 Å². The van der Waals surface area contributed by atoms with E-state index in [0.717, 1.165) is 17.3 Å². The van der Waals surface area contributed by atoms with Crippen LogP contribution in [0.1, 0.15) is 28.9 Å². The smallest absolute Gasteiger partial charge is 0.235 e. The van der Waals surface area contributed by atoms with Gasteiger partial charge >= 0.3 is 0 Å². The van der Waals surface area contributed by atoms with Crippen LogP contribution in [0.15, 0.2) is 35.4 Å². The Bertz CT molecular complexity index is 868. The van der Waals surface area contributed by atoms with E-state index >= 15 is 0 Å². The van der Waals surface area contributed by atoms with Crippen LogP contribution in [0.5, 0.6) is 0 Å². The summed E-state index contributed by atoms with van der Waals surface area (Å²) in [6.07, 6.45) is 0.512. The number of rotatable bonds is 6. The largest absolute Gasteiger partial charge is 0.382 e. The molecule has 6 nitrogen and oxygen atoms in total. The van der Waals surface area contributed by atoms with Crippen molar-refractivity contribution in [2.45, 2.75) is 23.6 Å². The third-order valence-corrected chi connectivity index (χ3v) is 4.90. The molecule has 1 atom stereocenters. The molecule has 0 radical (unpaired) electrons. The fraction of sp³-hybridized carbons (Fsp3) is 0.222. The number of carbonyl (C=O) groups is 1. The van der Waals surface area contributed by atoms with Crippen LogP contribution in [0.4, 0.5) is 11.5 Å². The van der Waals surface area contributed by atoms with Gasteiger partial charge in [0, 0.05) is 7.05 Å². The van der Waals surface area contributed by atoms with Crippen LogP contribution in [0.2, 0.25) is 0 Å². The van der Waals surface area contributed by atoms with E-state index in [0.29, 0.717) is 34.1 Å². The van der Waals surface area contributed by atoms with Crippen LogP contribution in [0.3, 0.4) is 0 Å². The molecule has 0 bridgehead atoms. The number of nitriles is 1. The second-order valence-corrected chi connectivity index (χ2v) is 6.20. The maximum Gasteiger partial charge on any atom is 0.235 e. The molecule has 1 aromatic carbocycles. The average Bonchev–Trinajstić information content (AvgIpc) is 2.64. The number of nitrogens with two attached hydrogens (primary N) is 1. The Hall–Kier alpha value is -3.03. The molecule has 0 fully saturated rings. The summed E-state index contributed by atoms with van der Waals surface area (Å²) in [5.41, 5.74) is 7.59. The molecule has 1 amide bonds. The monoisotopic (exact) mass is 351 g/mol. The molecule has 0 spiro atoms. The van der Waals surface area contributed by atoms with Crippen LogP contribution >= 0.6 is 11.8 Å². The first kappa shape index (κ1) is 18.3. The zero-order chi connectivity index (χ0) is 18.4. The van der Waals surface area contributed by atoms with Crippen molar-refractivity contribution >= 4 is 29.2 Å². The van der Waals surface area contributed by atoms with Crippen LogP contribution in [0.25, 0.3) is 4.85 Å². The highest BCUT2D eigenvalue weighted by atomic mass is 32.2. The van der Waals surface area contributed by atoms with E-state index in [1.807, 2.05) is 37.3 Å². The van der Waals surface area contributed by atoms with Gasteiger partial charge in [-0.15, -0.1) is 0 Å². The normalized spacial score (nSPS) is 11.2. The predicted octanol–water partition coefficient (Wildman–Crippen LogP) is 3.43. The van der Waals surface area contributed by atoms with Gasteiger partial charge in [-0.1, -0.05) is 49.0 Å². The number of thioether (sulfide) groups is 1. The summed E-state index contributed by atoms with van der Waals surface area (Å²) in [7, 11) is 1.67. The molecule has 7 heteroatoms. The van der Waals surface area contributed by atoms with E-state index in [9.17, 15) is 10.1 Å². The third-order valence-electron chi connectivity index (χ3n) is 3.64. The summed E-state index contributed by atoms with van der Waals surface area (Å²) >= 11 is 1.13. The summed E-state index contributed by atoms with van der Waals surface area (Å²) in [6, 6.07) is 11.2. The third kappa shape index (κ3) is 3.73. The Labute approximate surface area is 150 Å². The first-order valence-electron chi connectivity index (χ1n) is 7.60. The van der Waals surface area contributed by atoms with Crippen molar-refractivity contribution in [2.75, 3.05) is 12.4 Å². The maximum absolute atomic E-state index is 12.0. The average molecular weight is 351 g/mol. The minimum atomic E-state index is -0.672. The molecule has 2 rings (SSSR count). The zero-order valence-corrected chi connectivity index (χ0v) is 14.7. The number of carbonyl (C=O) groups excluding carboxylic acids is 1. The van der Waals surface area contributed by atoms with Crippen molar-refractivity contribution in [3.05, 3.63) is 58.4 Å². The lowest BCUT2D eigenvalue weighted by Crippen LogP contribution is -2.19. The van der Waals surface area contributed by atoms with Gasteiger partial charge in [0.2, 0.25) is 11.6 Å². The lowest BCUT2D eigenvalue weighted by atomic mass is 10.1. The highest BCUT2D eigenvalue weighted by Gasteiger charge is 2.25. The lowest BCUT2D eigenvalue weighted by molar-refractivity contribution is -0.117. The second kappa shape index (κ2) is 8.18. The minimum Gasteiger partial charge on any atom is -0.382 e. The van der Waals surface area contributed by atoms with Crippen molar-refractivity contribution < 1.29 is 4.79 Å². The highest BCUT2D eigenvalue weighted by Crippen LogP contribution is 2.41. The fourth-order valence-electron chi connectivity index (χ4n) is 2.47. The van der Waals surface area contributed by atoms with Crippen LogP contribution in [-0.2, 0) is 11.2 Å². The van der Waals surface area contributed by atoms with Crippen molar-refractivity contribution in [1.29, 1.82) is 5.26 Å². The Kier molecular flexibility index (Phi) is 5.99. The molecule has 0 saturated heterocycles. The quantitative estimate of drug-likeness (QED) is 0.614. The van der Waals surface area contributed by atoms with E-state index in [2.05, 4.69) is 21.2 Å². The Morgan fingerprint density at radius 2 is 2.16 bits per heavy atom. The zero-order valence-electron chi connectivity index (χ0n) is 13.9. The highest BCUT2D eigenvalue weighted by molar-refractivity contribution is 8.00. The second-order valence-electron chi connectivity index (χ2n) is 5.11. The summed E-state index contributed by atoms with van der Waals surface area (Å²) in [5.74, 6) is -0.121. The van der Waals surface area contributed by atoms with Gasteiger partial charge in [0.25, 0.3) is 0 Å². The van der Waals surface area contributed by atoms with Crippen molar-refractivity contribution in [2.24, 2.45) is 5.73 Å². The molecule has 3 N–H and O–H groups in total. The molecule has 0 aliphatic rings. The maximum atomic E-state index is 12.0. The number of amides is 1. The number of pyridine rings is 1. The molecule has 126 valence electrons. The number of nitrogens with zero attached hydrogens (tertiary/aromatic N) is 3. The van der Waals surface area contributed by atoms with Gasteiger partial charge in [0.1, 0.15) is 22.2 Å². The van der Waals surface area contributed by atoms with Gasteiger partial charge in [-0.2, -0.15) is 5.26 Å². The van der Waals surface area contributed by atoms with E-state index in [-0.39, 0.29) is 0 Å². The Morgan fingerprint density at radius 1 is 1.48 bits per heavy atom. The van der Waals surface area contributed by atoms with Gasteiger partial charge in [0.15, 0.2) is 0 Å². The summed E-state index contributed by atoms with van der Waals surface area (Å²) in [4.78, 5) is 19.9. The molecular formula is C18H17N5OS. The Morgan fingerprint density at radius 3 is 2.64 bits per heavy atom. The minimum absolute atomic E-state index is 0.319. The van der Waals surface area contributed by atoms with Crippen molar-refractivity contribution in [1.82, 2.24) is 4.98 Å².